The first-order valence-corrected chi connectivity index (χ1v) is 6.74. The van der Waals surface area contributed by atoms with Crippen molar-refractivity contribution < 1.29 is 14.3 Å². The molecule has 0 aromatic heterocycles. The number of hydrogen-bond acceptors (Lipinski definition) is 1. The summed E-state index contributed by atoms with van der Waals surface area (Å²) in [7, 11) is 0. The number of carbonyl (C=O) groups is 1. The van der Waals surface area contributed by atoms with Gasteiger partial charge < -0.3 is 5.11 Å². The normalized spacial score (nSPS) is 15.8. The maximum Gasteiger partial charge on any atom is 0.304 e. The van der Waals surface area contributed by atoms with Gasteiger partial charge in [0.25, 0.3) is 0 Å². The van der Waals surface area contributed by atoms with Crippen molar-refractivity contribution in [2.45, 2.75) is 25.7 Å². The molecule has 0 heterocycles. The molecule has 20 heavy (non-hydrogen) atoms. The first kappa shape index (κ1) is 12.9. The summed E-state index contributed by atoms with van der Waals surface area (Å²) in [4.78, 5) is 11.1. The van der Waals surface area contributed by atoms with Crippen LogP contribution >= 0.6 is 0 Å². The molecule has 1 unspecified atom stereocenters. The summed E-state index contributed by atoms with van der Waals surface area (Å²) >= 11 is 0. The maximum absolute atomic E-state index is 13.5. The molecule has 2 nitrogen and oxygen atoms in total. The van der Waals surface area contributed by atoms with E-state index in [1.54, 1.807) is 6.07 Å². The van der Waals surface area contributed by atoms with E-state index in [1.165, 1.54) is 17.7 Å². The number of fused-ring (bicyclic) bond motifs is 3. The average molecular weight is 270 g/mol. The Morgan fingerprint density at radius 1 is 1.15 bits per heavy atom. The van der Waals surface area contributed by atoms with Gasteiger partial charge in [0, 0.05) is 5.92 Å². The quantitative estimate of drug-likeness (QED) is 0.916. The molecular formula is C17H15FO2. The summed E-state index contributed by atoms with van der Waals surface area (Å²) in [5.74, 6) is -1.43. The van der Waals surface area contributed by atoms with Crippen LogP contribution < -0.4 is 0 Å². The van der Waals surface area contributed by atoms with Gasteiger partial charge in [-0.1, -0.05) is 31.2 Å². The lowest BCUT2D eigenvalue weighted by Crippen LogP contribution is -2.05. The predicted octanol–water partition coefficient (Wildman–Crippen LogP) is 3.98. The van der Waals surface area contributed by atoms with Crippen LogP contribution in [0.3, 0.4) is 0 Å². The van der Waals surface area contributed by atoms with Crippen LogP contribution in [0.25, 0.3) is 11.1 Å². The summed E-state index contributed by atoms with van der Waals surface area (Å²) in [5.41, 5.74) is 4.95. The minimum absolute atomic E-state index is 0.00335. The third kappa shape index (κ3) is 1.99. The van der Waals surface area contributed by atoms with Crippen molar-refractivity contribution in [3.63, 3.8) is 0 Å². The van der Waals surface area contributed by atoms with E-state index in [9.17, 15) is 9.18 Å². The molecule has 0 radical (unpaired) electrons. The third-order valence-electron chi connectivity index (χ3n) is 3.96. The zero-order valence-corrected chi connectivity index (χ0v) is 11.2. The van der Waals surface area contributed by atoms with Gasteiger partial charge in [0.15, 0.2) is 0 Å². The Labute approximate surface area is 116 Å². The van der Waals surface area contributed by atoms with E-state index in [0.717, 1.165) is 28.7 Å². The lowest BCUT2D eigenvalue weighted by molar-refractivity contribution is -0.137. The van der Waals surface area contributed by atoms with Crippen LogP contribution in [0.2, 0.25) is 0 Å². The lowest BCUT2D eigenvalue weighted by atomic mass is 9.92. The fraction of sp³-hybridized carbons (Fsp3) is 0.235. The molecule has 0 saturated heterocycles. The molecule has 2 aromatic rings. The molecule has 0 spiro atoms. The second kappa shape index (κ2) is 4.75. The highest BCUT2D eigenvalue weighted by atomic mass is 19.1. The Morgan fingerprint density at radius 2 is 1.80 bits per heavy atom. The molecule has 3 rings (SSSR count). The Balaban J connectivity index is 2.19. The molecule has 1 aliphatic carbocycles. The molecule has 2 aromatic carbocycles. The van der Waals surface area contributed by atoms with E-state index in [0.29, 0.717) is 0 Å². The van der Waals surface area contributed by atoms with E-state index in [1.807, 2.05) is 6.07 Å². The summed E-state index contributed by atoms with van der Waals surface area (Å²) < 4.78 is 13.5. The second-order valence-corrected chi connectivity index (χ2v) is 5.16. The van der Waals surface area contributed by atoms with Gasteiger partial charge in [0.2, 0.25) is 0 Å². The number of hydrogen-bond donors (Lipinski definition) is 1. The minimum atomic E-state index is -0.861. The van der Waals surface area contributed by atoms with Crippen LogP contribution in [0, 0.1) is 5.82 Å². The Morgan fingerprint density at radius 3 is 2.45 bits per heavy atom. The first-order chi connectivity index (χ1) is 9.60. The maximum atomic E-state index is 13.5. The molecule has 0 aliphatic heterocycles. The van der Waals surface area contributed by atoms with Crippen LogP contribution in [0.15, 0.2) is 36.4 Å². The smallest absolute Gasteiger partial charge is 0.304 e. The number of benzene rings is 2. The van der Waals surface area contributed by atoms with Gasteiger partial charge in [0.05, 0.1) is 6.42 Å². The Kier molecular flexibility index (Phi) is 3.05. The lowest BCUT2D eigenvalue weighted by Gasteiger charge is -2.11. The van der Waals surface area contributed by atoms with E-state index < -0.39 is 5.97 Å². The largest absolute Gasteiger partial charge is 0.481 e. The Hall–Kier alpha value is -2.16. The van der Waals surface area contributed by atoms with Gasteiger partial charge in [-0.3, -0.25) is 4.79 Å². The highest BCUT2D eigenvalue weighted by molar-refractivity contribution is 5.82. The fourth-order valence-corrected chi connectivity index (χ4v) is 2.99. The standard InChI is InChI=1S/C17H15FO2/c1-2-10-3-5-12-13-6-4-11(18)8-15(13)16(9-17(19)20)14(12)7-10/h3-8,16H,2,9H2,1H3,(H,19,20). The molecule has 0 fully saturated rings. The van der Waals surface area contributed by atoms with Gasteiger partial charge in [-0.2, -0.15) is 0 Å². The molecule has 0 bridgehead atoms. The number of aliphatic carboxylic acids is 1. The zero-order chi connectivity index (χ0) is 14.3. The highest BCUT2D eigenvalue weighted by Crippen LogP contribution is 2.46. The van der Waals surface area contributed by atoms with Crippen molar-refractivity contribution in [3.05, 3.63) is 58.9 Å². The van der Waals surface area contributed by atoms with E-state index >= 15 is 0 Å². The summed E-state index contributed by atoms with van der Waals surface area (Å²) in [6.07, 6.45) is 0.897. The van der Waals surface area contributed by atoms with Crippen LogP contribution in [0.1, 0.15) is 36.0 Å². The SMILES string of the molecule is CCc1ccc2c(c1)C(CC(=O)O)c1cc(F)ccc1-2. The molecule has 1 N–H and O–H groups in total. The van der Waals surface area contributed by atoms with Crippen molar-refractivity contribution in [1.29, 1.82) is 0 Å². The summed E-state index contributed by atoms with van der Waals surface area (Å²) in [6, 6.07) is 10.8. The van der Waals surface area contributed by atoms with Crippen molar-refractivity contribution in [1.82, 2.24) is 0 Å². The van der Waals surface area contributed by atoms with Gasteiger partial charge in [-0.05, 0) is 46.4 Å². The number of carboxylic acids is 1. The van der Waals surface area contributed by atoms with Gasteiger partial charge in [-0.15, -0.1) is 0 Å². The van der Waals surface area contributed by atoms with Crippen molar-refractivity contribution in [2.75, 3.05) is 0 Å². The molecule has 1 aliphatic rings. The topological polar surface area (TPSA) is 37.3 Å². The van der Waals surface area contributed by atoms with Crippen molar-refractivity contribution in [2.24, 2.45) is 0 Å². The van der Waals surface area contributed by atoms with Crippen LogP contribution in [0.4, 0.5) is 4.39 Å². The first-order valence-electron chi connectivity index (χ1n) is 6.74. The van der Waals surface area contributed by atoms with Gasteiger partial charge >= 0.3 is 5.97 Å². The number of carboxylic acid groups (broad SMARTS) is 1. The van der Waals surface area contributed by atoms with Gasteiger partial charge in [0.1, 0.15) is 5.82 Å². The molecular weight excluding hydrogens is 255 g/mol. The van der Waals surface area contributed by atoms with E-state index in [2.05, 4.69) is 19.1 Å². The monoisotopic (exact) mass is 270 g/mol. The second-order valence-electron chi connectivity index (χ2n) is 5.16. The van der Waals surface area contributed by atoms with Crippen LogP contribution in [-0.4, -0.2) is 11.1 Å². The Bertz CT molecular complexity index is 691. The van der Waals surface area contributed by atoms with Crippen LogP contribution in [0.5, 0.6) is 0 Å². The van der Waals surface area contributed by atoms with E-state index in [-0.39, 0.29) is 18.2 Å². The fourth-order valence-electron chi connectivity index (χ4n) is 2.99. The van der Waals surface area contributed by atoms with Crippen molar-refractivity contribution in [3.8, 4) is 11.1 Å². The minimum Gasteiger partial charge on any atom is -0.481 e. The highest BCUT2D eigenvalue weighted by Gasteiger charge is 2.30. The third-order valence-corrected chi connectivity index (χ3v) is 3.96. The molecule has 1 atom stereocenters. The van der Waals surface area contributed by atoms with Crippen LogP contribution in [-0.2, 0) is 11.2 Å². The number of aryl methyl sites for hydroxylation is 1. The predicted molar refractivity (Wildman–Crippen MR) is 75.3 cm³/mol. The molecule has 102 valence electrons. The molecule has 3 heteroatoms. The van der Waals surface area contributed by atoms with Gasteiger partial charge in [-0.25, -0.2) is 4.39 Å². The number of rotatable bonds is 3. The number of halogens is 1. The molecule has 0 saturated carbocycles. The van der Waals surface area contributed by atoms with Crippen molar-refractivity contribution >= 4 is 5.97 Å². The molecule has 0 amide bonds. The zero-order valence-electron chi connectivity index (χ0n) is 11.2. The summed E-state index contributed by atoms with van der Waals surface area (Å²) in [6.45, 7) is 2.07. The van der Waals surface area contributed by atoms with E-state index in [4.69, 9.17) is 5.11 Å². The summed E-state index contributed by atoms with van der Waals surface area (Å²) in [5, 5.41) is 9.13. The average Bonchev–Trinajstić information content (AvgIpc) is 2.71.